The summed E-state index contributed by atoms with van der Waals surface area (Å²) in [5.41, 5.74) is -0.693. The van der Waals surface area contributed by atoms with Gasteiger partial charge in [0.25, 0.3) is 5.91 Å². The highest BCUT2D eigenvalue weighted by atomic mass is 32.1. The zero-order valence-corrected chi connectivity index (χ0v) is 17.7. The number of nitrogens with zero attached hydrogens (tertiary/aromatic N) is 2. The summed E-state index contributed by atoms with van der Waals surface area (Å²) in [6.07, 6.45) is -2.72. The van der Waals surface area contributed by atoms with Crippen molar-refractivity contribution in [2.24, 2.45) is 0 Å². The van der Waals surface area contributed by atoms with E-state index in [0.29, 0.717) is 18.8 Å². The van der Waals surface area contributed by atoms with Gasteiger partial charge in [-0.25, -0.2) is 0 Å². The second kappa shape index (κ2) is 9.39. The summed E-state index contributed by atoms with van der Waals surface area (Å²) in [5.74, 6) is -0.783. The smallest absolute Gasteiger partial charge is 0.416 e. The third kappa shape index (κ3) is 5.25. The third-order valence-electron chi connectivity index (χ3n) is 4.88. The van der Waals surface area contributed by atoms with Gasteiger partial charge in [0.2, 0.25) is 0 Å². The first-order valence-corrected chi connectivity index (χ1v) is 9.92. The maximum absolute atomic E-state index is 13.2. The molecule has 3 rings (SSSR count). The Hall–Kier alpha value is -3.41. The summed E-state index contributed by atoms with van der Waals surface area (Å²) in [6.45, 7) is 1.38. The molecule has 2 N–H and O–H groups in total. The number of hydrogen-bond acceptors (Lipinski definition) is 6. The molecule has 12 heteroatoms. The topological polar surface area (TPSA) is 96.7 Å². The van der Waals surface area contributed by atoms with Crippen LogP contribution in [0.2, 0.25) is 0 Å². The zero-order valence-electron chi connectivity index (χ0n) is 16.9. The van der Waals surface area contributed by atoms with E-state index in [1.165, 1.54) is 25.3 Å². The van der Waals surface area contributed by atoms with Gasteiger partial charge >= 0.3 is 11.9 Å². The number of amides is 1. The van der Waals surface area contributed by atoms with Crippen LogP contribution in [0.4, 0.5) is 30.2 Å². The van der Waals surface area contributed by atoms with Gasteiger partial charge in [-0.2, -0.15) is 13.2 Å². The molecule has 170 valence electrons. The third-order valence-corrected chi connectivity index (χ3v) is 5.09. The van der Waals surface area contributed by atoms with E-state index in [4.69, 9.17) is 17.0 Å². The molecule has 32 heavy (non-hydrogen) atoms. The van der Waals surface area contributed by atoms with Gasteiger partial charge in [-0.3, -0.25) is 20.2 Å². The van der Waals surface area contributed by atoms with Crippen LogP contribution < -0.4 is 20.3 Å². The van der Waals surface area contributed by atoms with Crippen molar-refractivity contribution in [3.05, 3.63) is 57.6 Å². The number of carbonyl (C=O) groups excluding carboxylic acids is 1. The number of benzene rings is 2. The number of hydrogen-bond donors (Lipinski definition) is 2. The van der Waals surface area contributed by atoms with Gasteiger partial charge < -0.3 is 15.0 Å². The van der Waals surface area contributed by atoms with Crippen molar-refractivity contribution in [2.45, 2.75) is 19.0 Å². The Balaban J connectivity index is 1.81. The molecule has 1 heterocycles. The number of nitro benzene ring substituents is 1. The minimum atomic E-state index is -4.55. The quantitative estimate of drug-likeness (QED) is 0.383. The molecule has 0 radical (unpaired) electrons. The van der Waals surface area contributed by atoms with E-state index in [-0.39, 0.29) is 22.1 Å². The lowest BCUT2D eigenvalue weighted by Crippen LogP contribution is -2.34. The molecule has 1 fully saturated rings. The van der Waals surface area contributed by atoms with Crippen LogP contribution >= 0.6 is 12.2 Å². The Bertz CT molecular complexity index is 1060. The molecule has 1 aliphatic heterocycles. The summed E-state index contributed by atoms with van der Waals surface area (Å²) >= 11 is 5.11. The number of anilines is 2. The number of carbonyl (C=O) groups is 1. The normalized spacial score (nSPS) is 13.6. The van der Waals surface area contributed by atoms with Crippen molar-refractivity contribution in [2.75, 3.05) is 30.4 Å². The SMILES string of the molecule is COc1ccc(C(=O)NC(=S)Nc2cc(C(F)(F)F)ccc2N2CCCC2)cc1[N+](=O)[O-]. The number of nitro groups is 1. The minimum absolute atomic E-state index is 0.0218. The molecule has 1 amide bonds. The van der Waals surface area contributed by atoms with Crippen LogP contribution in [0.1, 0.15) is 28.8 Å². The first-order chi connectivity index (χ1) is 15.1. The Morgan fingerprint density at radius 2 is 1.88 bits per heavy atom. The Morgan fingerprint density at radius 3 is 2.47 bits per heavy atom. The average Bonchev–Trinajstić information content (AvgIpc) is 3.27. The van der Waals surface area contributed by atoms with Crippen LogP contribution in [-0.4, -0.2) is 36.1 Å². The first-order valence-electron chi connectivity index (χ1n) is 9.51. The fourth-order valence-electron chi connectivity index (χ4n) is 3.35. The Kier molecular flexibility index (Phi) is 6.82. The van der Waals surface area contributed by atoms with Gasteiger partial charge in [0.15, 0.2) is 10.9 Å². The largest absolute Gasteiger partial charge is 0.490 e. The molecule has 0 bridgehead atoms. The average molecular weight is 468 g/mol. The van der Waals surface area contributed by atoms with Crippen LogP contribution in [0.15, 0.2) is 36.4 Å². The molecule has 8 nitrogen and oxygen atoms in total. The van der Waals surface area contributed by atoms with E-state index in [2.05, 4.69) is 10.6 Å². The molecule has 1 aliphatic rings. The van der Waals surface area contributed by atoms with Gasteiger partial charge in [0.05, 0.1) is 29.0 Å². The minimum Gasteiger partial charge on any atom is -0.490 e. The van der Waals surface area contributed by atoms with Crippen LogP contribution in [0.5, 0.6) is 5.75 Å². The molecule has 0 aromatic heterocycles. The molecule has 0 atom stereocenters. The fourth-order valence-corrected chi connectivity index (χ4v) is 3.55. The molecular weight excluding hydrogens is 449 g/mol. The Labute approximate surface area is 186 Å². The van der Waals surface area contributed by atoms with Crippen LogP contribution in [0.3, 0.4) is 0 Å². The molecule has 1 saturated heterocycles. The number of ether oxygens (including phenoxy) is 1. The van der Waals surface area contributed by atoms with Crippen LogP contribution in [-0.2, 0) is 6.18 Å². The van der Waals surface area contributed by atoms with E-state index < -0.39 is 28.3 Å². The monoisotopic (exact) mass is 468 g/mol. The van der Waals surface area contributed by atoms with Crippen LogP contribution in [0.25, 0.3) is 0 Å². The summed E-state index contributed by atoms with van der Waals surface area (Å²) in [5, 5.41) is 15.9. The second-order valence-corrected chi connectivity index (χ2v) is 7.38. The van der Waals surface area contributed by atoms with Gasteiger partial charge in [-0.1, -0.05) is 0 Å². The van der Waals surface area contributed by atoms with Crippen molar-refractivity contribution >= 4 is 40.3 Å². The van der Waals surface area contributed by atoms with Crippen molar-refractivity contribution < 1.29 is 27.6 Å². The number of halogens is 3. The lowest BCUT2D eigenvalue weighted by molar-refractivity contribution is -0.385. The van der Waals surface area contributed by atoms with E-state index in [1.54, 1.807) is 0 Å². The summed E-state index contributed by atoms with van der Waals surface area (Å²) in [4.78, 5) is 24.9. The molecule has 2 aromatic rings. The highest BCUT2D eigenvalue weighted by Gasteiger charge is 2.32. The molecule has 0 unspecified atom stereocenters. The van der Waals surface area contributed by atoms with E-state index in [9.17, 15) is 28.1 Å². The zero-order chi connectivity index (χ0) is 23.5. The fraction of sp³-hybridized carbons (Fsp3) is 0.300. The lowest BCUT2D eigenvalue weighted by atomic mass is 10.1. The van der Waals surface area contributed by atoms with Crippen molar-refractivity contribution in [3.63, 3.8) is 0 Å². The molecular formula is C20H19F3N4O4S. The van der Waals surface area contributed by atoms with E-state index in [0.717, 1.165) is 31.0 Å². The predicted octanol–water partition coefficient (Wildman–Crippen LogP) is 4.35. The van der Waals surface area contributed by atoms with Crippen molar-refractivity contribution in [3.8, 4) is 5.75 Å². The van der Waals surface area contributed by atoms with Gasteiger partial charge in [-0.15, -0.1) is 0 Å². The molecule has 0 spiro atoms. The molecule has 2 aromatic carbocycles. The summed E-state index contributed by atoms with van der Waals surface area (Å²) in [6, 6.07) is 6.90. The molecule has 0 aliphatic carbocycles. The number of alkyl halides is 3. The maximum Gasteiger partial charge on any atom is 0.416 e. The van der Waals surface area contributed by atoms with Gasteiger partial charge in [0.1, 0.15) is 0 Å². The predicted molar refractivity (Wildman–Crippen MR) is 116 cm³/mol. The van der Waals surface area contributed by atoms with Crippen molar-refractivity contribution in [1.82, 2.24) is 5.32 Å². The first kappa shape index (κ1) is 23.3. The highest BCUT2D eigenvalue weighted by Crippen LogP contribution is 2.36. The second-order valence-electron chi connectivity index (χ2n) is 6.98. The number of thiocarbonyl (C=S) groups is 1. The van der Waals surface area contributed by atoms with Crippen molar-refractivity contribution in [1.29, 1.82) is 0 Å². The standard InChI is InChI=1S/C20H19F3N4O4S/c1-31-17-7-4-12(10-16(17)27(29)30)18(28)25-19(32)24-14-11-13(20(21,22)23)5-6-15(14)26-8-2-3-9-26/h4-7,10-11H,2-3,8-9H2,1H3,(H2,24,25,28,32). The number of nitrogens with one attached hydrogen (secondary N) is 2. The van der Waals surface area contributed by atoms with E-state index in [1.807, 2.05) is 4.90 Å². The number of methoxy groups -OCH3 is 1. The van der Waals surface area contributed by atoms with Gasteiger partial charge in [0, 0.05) is 24.7 Å². The van der Waals surface area contributed by atoms with Gasteiger partial charge in [-0.05, 0) is 55.4 Å². The van der Waals surface area contributed by atoms with E-state index >= 15 is 0 Å². The highest BCUT2D eigenvalue weighted by molar-refractivity contribution is 7.80. The maximum atomic E-state index is 13.2. The summed E-state index contributed by atoms with van der Waals surface area (Å²) in [7, 11) is 1.26. The lowest BCUT2D eigenvalue weighted by Gasteiger charge is -2.23. The molecule has 0 saturated carbocycles. The van der Waals surface area contributed by atoms with Crippen LogP contribution in [0, 0.1) is 10.1 Å². The summed E-state index contributed by atoms with van der Waals surface area (Å²) < 4.78 is 44.5. The number of rotatable bonds is 5. The Morgan fingerprint density at radius 1 is 1.19 bits per heavy atom.